The number of hydrogen-bond donors (Lipinski definition) is 2. The number of fused-ring (bicyclic) bond motifs is 1. The van der Waals surface area contributed by atoms with Gasteiger partial charge in [0.2, 0.25) is 0 Å². The number of hydroxylamine groups is 1. The Kier molecular flexibility index (Phi) is 2.21. The lowest BCUT2D eigenvalue weighted by Crippen LogP contribution is -2.05. The Bertz CT molecular complexity index is 414. The fraction of sp³-hybridized carbons (Fsp3) is 0.100. The van der Waals surface area contributed by atoms with Crippen molar-refractivity contribution in [2.24, 2.45) is 0 Å². The summed E-state index contributed by atoms with van der Waals surface area (Å²) in [6.45, 7) is 0.463. The summed E-state index contributed by atoms with van der Waals surface area (Å²) in [7, 11) is 0. The summed E-state index contributed by atoms with van der Waals surface area (Å²) in [5, 5.41) is 9.62. The average Bonchev–Trinajstić information content (AvgIpc) is 2.18. The van der Waals surface area contributed by atoms with Gasteiger partial charge in [-0.3, -0.25) is 4.98 Å². The molecule has 2 rings (SSSR count). The number of rotatable bonds is 2. The molecule has 0 spiro atoms. The van der Waals surface area contributed by atoms with Crippen molar-refractivity contribution in [3.05, 3.63) is 42.1 Å². The highest BCUT2D eigenvalue weighted by atomic mass is 16.5. The summed E-state index contributed by atoms with van der Waals surface area (Å²) in [6, 6.07) is 9.80. The summed E-state index contributed by atoms with van der Waals surface area (Å²) >= 11 is 0. The van der Waals surface area contributed by atoms with Crippen LogP contribution >= 0.6 is 0 Å². The minimum absolute atomic E-state index is 0.463. The van der Waals surface area contributed by atoms with E-state index >= 15 is 0 Å². The molecule has 2 aromatic rings. The van der Waals surface area contributed by atoms with Gasteiger partial charge in [-0.05, 0) is 23.8 Å². The van der Waals surface area contributed by atoms with Crippen molar-refractivity contribution in [2.45, 2.75) is 6.54 Å². The number of benzene rings is 1. The van der Waals surface area contributed by atoms with Crippen molar-refractivity contribution < 1.29 is 5.21 Å². The average molecular weight is 174 g/mol. The molecule has 3 nitrogen and oxygen atoms in total. The predicted molar refractivity (Wildman–Crippen MR) is 50.4 cm³/mol. The van der Waals surface area contributed by atoms with E-state index in [1.54, 1.807) is 6.20 Å². The molecule has 0 amide bonds. The molecule has 3 heteroatoms. The number of nitrogens with one attached hydrogen (secondary N) is 1. The Morgan fingerprint density at radius 1 is 1.31 bits per heavy atom. The number of pyridine rings is 1. The SMILES string of the molecule is ONCc1ccc2ncccc2c1. The number of nitrogens with zero attached hydrogens (tertiary/aromatic N) is 1. The molecule has 66 valence electrons. The first-order chi connectivity index (χ1) is 6.40. The van der Waals surface area contributed by atoms with Crippen LogP contribution in [0.4, 0.5) is 0 Å². The van der Waals surface area contributed by atoms with Gasteiger partial charge in [0, 0.05) is 18.1 Å². The third-order valence-electron chi connectivity index (χ3n) is 1.95. The van der Waals surface area contributed by atoms with Gasteiger partial charge >= 0.3 is 0 Å². The highest BCUT2D eigenvalue weighted by Gasteiger charge is 1.95. The zero-order valence-electron chi connectivity index (χ0n) is 7.07. The van der Waals surface area contributed by atoms with Crippen LogP contribution in [0.3, 0.4) is 0 Å². The first-order valence-electron chi connectivity index (χ1n) is 4.11. The first-order valence-corrected chi connectivity index (χ1v) is 4.11. The maximum absolute atomic E-state index is 8.53. The number of hydrogen-bond acceptors (Lipinski definition) is 3. The Morgan fingerprint density at radius 2 is 2.23 bits per heavy atom. The van der Waals surface area contributed by atoms with E-state index in [-0.39, 0.29) is 0 Å². The summed E-state index contributed by atoms with van der Waals surface area (Å²) in [4.78, 5) is 4.20. The van der Waals surface area contributed by atoms with E-state index in [9.17, 15) is 0 Å². The van der Waals surface area contributed by atoms with E-state index in [0.717, 1.165) is 16.5 Å². The van der Waals surface area contributed by atoms with Gasteiger partial charge in [0.1, 0.15) is 0 Å². The molecular formula is C10H10N2O. The van der Waals surface area contributed by atoms with Crippen LogP contribution < -0.4 is 5.48 Å². The molecule has 1 aromatic carbocycles. The fourth-order valence-electron chi connectivity index (χ4n) is 1.33. The summed E-state index contributed by atoms with van der Waals surface area (Å²) < 4.78 is 0. The number of aromatic nitrogens is 1. The maximum atomic E-state index is 8.53. The third kappa shape index (κ3) is 1.66. The van der Waals surface area contributed by atoms with Gasteiger partial charge in [-0.2, -0.15) is 0 Å². The van der Waals surface area contributed by atoms with Crippen LogP contribution in [-0.2, 0) is 6.54 Å². The van der Waals surface area contributed by atoms with Gasteiger partial charge in [-0.25, -0.2) is 5.48 Å². The Labute approximate surface area is 76.0 Å². The van der Waals surface area contributed by atoms with Crippen molar-refractivity contribution in [3.63, 3.8) is 0 Å². The molecule has 0 atom stereocenters. The van der Waals surface area contributed by atoms with Crippen LogP contribution in [0.25, 0.3) is 10.9 Å². The summed E-state index contributed by atoms with van der Waals surface area (Å²) in [5.41, 5.74) is 4.15. The molecule has 2 N–H and O–H groups in total. The monoisotopic (exact) mass is 174 g/mol. The third-order valence-corrected chi connectivity index (χ3v) is 1.95. The second kappa shape index (κ2) is 3.51. The largest absolute Gasteiger partial charge is 0.316 e. The van der Waals surface area contributed by atoms with Crippen molar-refractivity contribution in [1.82, 2.24) is 10.5 Å². The van der Waals surface area contributed by atoms with Gasteiger partial charge in [-0.1, -0.05) is 12.1 Å². The fourth-order valence-corrected chi connectivity index (χ4v) is 1.33. The molecule has 0 bridgehead atoms. The lowest BCUT2D eigenvalue weighted by atomic mass is 10.1. The highest BCUT2D eigenvalue weighted by molar-refractivity contribution is 5.78. The molecule has 0 aliphatic rings. The van der Waals surface area contributed by atoms with Gasteiger partial charge in [0.05, 0.1) is 5.52 Å². The van der Waals surface area contributed by atoms with Crippen LogP contribution in [0.1, 0.15) is 5.56 Å². The first kappa shape index (κ1) is 8.16. The van der Waals surface area contributed by atoms with Crippen molar-refractivity contribution in [2.75, 3.05) is 0 Å². The molecule has 0 saturated carbocycles. The standard InChI is InChI=1S/C10H10N2O/c13-12-7-8-3-4-10-9(6-8)2-1-5-11-10/h1-6,12-13H,7H2. The van der Waals surface area contributed by atoms with Gasteiger partial charge in [-0.15, -0.1) is 0 Å². The van der Waals surface area contributed by atoms with Gasteiger partial charge in [0.25, 0.3) is 0 Å². The molecule has 0 aliphatic heterocycles. The van der Waals surface area contributed by atoms with E-state index in [0.29, 0.717) is 6.54 Å². The molecule has 1 heterocycles. The Hall–Kier alpha value is -1.45. The van der Waals surface area contributed by atoms with E-state index < -0.39 is 0 Å². The normalized spacial score (nSPS) is 10.5. The van der Waals surface area contributed by atoms with E-state index in [4.69, 9.17) is 5.21 Å². The molecule has 0 radical (unpaired) electrons. The zero-order chi connectivity index (χ0) is 9.10. The minimum atomic E-state index is 0.463. The van der Waals surface area contributed by atoms with Gasteiger partial charge < -0.3 is 5.21 Å². The van der Waals surface area contributed by atoms with Crippen LogP contribution in [0, 0.1) is 0 Å². The van der Waals surface area contributed by atoms with Crippen molar-refractivity contribution in [1.29, 1.82) is 0 Å². The lowest BCUT2D eigenvalue weighted by molar-refractivity contribution is 0.161. The Balaban J connectivity index is 2.49. The topological polar surface area (TPSA) is 45.1 Å². The summed E-state index contributed by atoms with van der Waals surface area (Å²) in [6.07, 6.45) is 1.77. The predicted octanol–water partition coefficient (Wildman–Crippen LogP) is 1.71. The van der Waals surface area contributed by atoms with E-state index in [1.807, 2.05) is 30.3 Å². The molecule has 13 heavy (non-hydrogen) atoms. The van der Waals surface area contributed by atoms with Crippen LogP contribution in [0.5, 0.6) is 0 Å². The summed E-state index contributed by atoms with van der Waals surface area (Å²) in [5.74, 6) is 0. The molecule has 0 fully saturated rings. The van der Waals surface area contributed by atoms with E-state index in [2.05, 4.69) is 10.5 Å². The molecule has 0 unspecified atom stereocenters. The van der Waals surface area contributed by atoms with E-state index in [1.165, 1.54) is 0 Å². The van der Waals surface area contributed by atoms with Crippen LogP contribution in [0.2, 0.25) is 0 Å². The minimum Gasteiger partial charge on any atom is -0.316 e. The van der Waals surface area contributed by atoms with Crippen LogP contribution in [0.15, 0.2) is 36.5 Å². The second-order valence-corrected chi connectivity index (χ2v) is 2.87. The highest BCUT2D eigenvalue weighted by Crippen LogP contribution is 2.12. The maximum Gasteiger partial charge on any atom is 0.0702 e. The smallest absolute Gasteiger partial charge is 0.0702 e. The van der Waals surface area contributed by atoms with Gasteiger partial charge in [0.15, 0.2) is 0 Å². The second-order valence-electron chi connectivity index (χ2n) is 2.87. The molecule has 1 aromatic heterocycles. The zero-order valence-corrected chi connectivity index (χ0v) is 7.07. The van der Waals surface area contributed by atoms with Crippen molar-refractivity contribution >= 4 is 10.9 Å². The molecule has 0 aliphatic carbocycles. The molecule has 0 saturated heterocycles. The Morgan fingerprint density at radius 3 is 3.08 bits per heavy atom. The van der Waals surface area contributed by atoms with Crippen LogP contribution in [-0.4, -0.2) is 10.2 Å². The quantitative estimate of drug-likeness (QED) is 0.681. The van der Waals surface area contributed by atoms with Crippen molar-refractivity contribution in [3.8, 4) is 0 Å². The molecular weight excluding hydrogens is 164 g/mol. The lowest BCUT2D eigenvalue weighted by Gasteiger charge is -2.00.